The number of anilines is 3. The van der Waals surface area contributed by atoms with Gasteiger partial charge in [-0.25, -0.2) is 0 Å². The Hall–Kier alpha value is -3.12. The highest BCUT2D eigenvalue weighted by Gasteiger charge is 2.26. The van der Waals surface area contributed by atoms with Crippen LogP contribution in [-0.4, -0.2) is 23.6 Å². The molecule has 3 aromatic carbocycles. The van der Waals surface area contributed by atoms with Crippen molar-refractivity contribution in [3.63, 3.8) is 0 Å². The fraction of sp³-hybridized carbons (Fsp3) is 0.304. The largest absolute Gasteiger partial charge is 0.505 e. The van der Waals surface area contributed by atoms with Crippen LogP contribution in [0.2, 0.25) is 0 Å². The van der Waals surface area contributed by atoms with Crippen LogP contribution >= 0.6 is 0 Å². The first-order valence-electron chi connectivity index (χ1n) is 9.93. The zero-order valence-corrected chi connectivity index (χ0v) is 16.7. The van der Waals surface area contributed by atoms with Crippen LogP contribution in [0.5, 0.6) is 5.75 Å². The molecule has 0 saturated heterocycles. The summed E-state index contributed by atoms with van der Waals surface area (Å²) in [5.41, 5.74) is 2.88. The predicted octanol–water partition coefficient (Wildman–Crippen LogP) is 3.28. The van der Waals surface area contributed by atoms with Gasteiger partial charge >= 0.3 is 0 Å². The van der Waals surface area contributed by atoms with Gasteiger partial charge in [-0.2, -0.15) is 0 Å². The third-order valence-electron chi connectivity index (χ3n) is 5.67. The van der Waals surface area contributed by atoms with E-state index in [2.05, 4.69) is 15.5 Å². The zero-order valence-electron chi connectivity index (χ0n) is 16.7. The molecule has 0 unspecified atom stereocenters. The average Bonchev–Trinajstić information content (AvgIpc) is 2.75. The summed E-state index contributed by atoms with van der Waals surface area (Å²) in [5.74, 6) is 0.142. The van der Waals surface area contributed by atoms with Crippen LogP contribution in [-0.2, 0) is 13.0 Å². The molecule has 0 bridgehead atoms. The predicted molar refractivity (Wildman–Crippen MR) is 116 cm³/mol. The maximum Gasteiger partial charge on any atom is 0.253 e. The summed E-state index contributed by atoms with van der Waals surface area (Å²) in [6, 6.07) is 13.5. The standard InChI is InChI=1S/C23H25N3O3/c1-3-17(15-7-5-4-6-8-15)24-19-20(23(29)22(19)28)25-18-10-9-14-11-12-26(2)13-16(14)21(18)27/h4-10,17,24-25,27H,3,11-13H2,1-2H3/t17-/m1/s1. The van der Waals surface area contributed by atoms with E-state index in [0.29, 0.717) is 12.2 Å². The fourth-order valence-electron chi connectivity index (χ4n) is 3.91. The summed E-state index contributed by atoms with van der Waals surface area (Å²) in [5, 5.41) is 17.0. The van der Waals surface area contributed by atoms with E-state index in [4.69, 9.17) is 0 Å². The molecule has 3 aromatic rings. The maximum atomic E-state index is 12.2. The molecule has 0 radical (unpaired) electrons. The molecule has 1 heterocycles. The second-order valence-electron chi connectivity index (χ2n) is 7.64. The van der Waals surface area contributed by atoms with Gasteiger partial charge in [-0.1, -0.05) is 43.3 Å². The molecule has 1 atom stereocenters. The molecular formula is C23H25N3O3. The van der Waals surface area contributed by atoms with Gasteiger partial charge in [-0.15, -0.1) is 0 Å². The van der Waals surface area contributed by atoms with Gasteiger partial charge in [-0.05, 0) is 37.1 Å². The molecule has 3 N–H and O–H groups in total. The summed E-state index contributed by atoms with van der Waals surface area (Å²) >= 11 is 0. The van der Waals surface area contributed by atoms with E-state index < -0.39 is 10.9 Å². The molecule has 0 aromatic heterocycles. The molecule has 0 aliphatic carbocycles. The highest BCUT2D eigenvalue weighted by Crippen LogP contribution is 2.36. The van der Waals surface area contributed by atoms with Gasteiger partial charge in [0.15, 0.2) is 0 Å². The molecule has 0 amide bonds. The third kappa shape index (κ3) is 3.51. The lowest BCUT2D eigenvalue weighted by Gasteiger charge is -2.27. The number of hydrogen-bond acceptors (Lipinski definition) is 6. The van der Waals surface area contributed by atoms with Crippen molar-refractivity contribution in [3.05, 3.63) is 79.6 Å². The molecular weight excluding hydrogens is 366 g/mol. The summed E-state index contributed by atoms with van der Waals surface area (Å²) in [7, 11) is 2.01. The number of hydrogen-bond donors (Lipinski definition) is 3. The molecule has 150 valence electrons. The Labute approximate surface area is 169 Å². The van der Waals surface area contributed by atoms with E-state index in [-0.39, 0.29) is 23.2 Å². The fourth-order valence-corrected chi connectivity index (χ4v) is 3.91. The van der Waals surface area contributed by atoms with Crippen LogP contribution < -0.4 is 21.5 Å². The Morgan fingerprint density at radius 2 is 1.79 bits per heavy atom. The molecule has 1 aliphatic rings. The second-order valence-corrected chi connectivity index (χ2v) is 7.64. The average molecular weight is 391 g/mol. The van der Waals surface area contributed by atoms with E-state index in [1.165, 1.54) is 0 Å². The first-order valence-corrected chi connectivity index (χ1v) is 9.93. The molecule has 6 nitrogen and oxygen atoms in total. The Bertz CT molecular complexity index is 1100. The van der Waals surface area contributed by atoms with Crippen molar-refractivity contribution in [1.82, 2.24) is 4.90 Å². The van der Waals surface area contributed by atoms with Gasteiger partial charge in [-0.3, -0.25) is 9.59 Å². The van der Waals surface area contributed by atoms with E-state index in [0.717, 1.165) is 36.1 Å². The van der Waals surface area contributed by atoms with Gasteiger partial charge in [0.25, 0.3) is 10.9 Å². The van der Waals surface area contributed by atoms with E-state index in [1.54, 1.807) is 6.07 Å². The van der Waals surface area contributed by atoms with Crippen LogP contribution in [0.3, 0.4) is 0 Å². The number of phenols is 1. The smallest absolute Gasteiger partial charge is 0.253 e. The Kier molecular flexibility index (Phi) is 5.11. The molecule has 4 rings (SSSR count). The van der Waals surface area contributed by atoms with Crippen molar-refractivity contribution in [2.45, 2.75) is 32.4 Å². The van der Waals surface area contributed by atoms with E-state index in [1.807, 2.05) is 50.4 Å². The lowest BCUT2D eigenvalue weighted by molar-refractivity contribution is 0.305. The van der Waals surface area contributed by atoms with Crippen molar-refractivity contribution in [2.75, 3.05) is 24.2 Å². The van der Waals surface area contributed by atoms with Crippen LogP contribution in [0, 0.1) is 0 Å². The Balaban J connectivity index is 1.62. The summed E-state index contributed by atoms with van der Waals surface area (Å²) < 4.78 is 0. The molecule has 0 fully saturated rings. The van der Waals surface area contributed by atoms with Crippen molar-refractivity contribution in [1.29, 1.82) is 0 Å². The number of nitrogens with one attached hydrogen (secondary N) is 2. The quantitative estimate of drug-likeness (QED) is 0.442. The van der Waals surface area contributed by atoms with Gasteiger partial charge < -0.3 is 20.6 Å². The molecule has 1 aliphatic heterocycles. The van der Waals surface area contributed by atoms with Crippen molar-refractivity contribution >= 4 is 17.1 Å². The van der Waals surface area contributed by atoms with Crippen LogP contribution in [0.1, 0.15) is 36.1 Å². The highest BCUT2D eigenvalue weighted by molar-refractivity contribution is 5.81. The number of aromatic hydroxyl groups is 1. The highest BCUT2D eigenvalue weighted by atomic mass is 16.3. The number of likely N-dealkylation sites (N-methyl/N-ethyl adjacent to an activating group) is 1. The normalized spacial score (nSPS) is 15.1. The molecule has 0 saturated carbocycles. The Morgan fingerprint density at radius 3 is 2.52 bits per heavy atom. The topological polar surface area (TPSA) is 81.7 Å². The second kappa shape index (κ2) is 7.72. The number of nitrogens with zero attached hydrogens (tertiary/aromatic N) is 1. The van der Waals surface area contributed by atoms with Crippen molar-refractivity contribution < 1.29 is 5.11 Å². The van der Waals surface area contributed by atoms with Gasteiger partial charge in [0.05, 0.1) is 11.7 Å². The van der Waals surface area contributed by atoms with Crippen LogP contribution in [0.4, 0.5) is 17.1 Å². The van der Waals surface area contributed by atoms with Gasteiger partial charge in [0, 0.05) is 18.7 Å². The minimum atomic E-state index is -0.565. The SMILES string of the molecule is CC[C@@H](Nc1c(Nc2ccc3c(c2O)CN(C)CC3)c(=O)c1=O)c1ccccc1. The lowest BCUT2D eigenvalue weighted by atomic mass is 9.98. The van der Waals surface area contributed by atoms with E-state index in [9.17, 15) is 14.7 Å². The van der Waals surface area contributed by atoms with Crippen LogP contribution in [0.25, 0.3) is 0 Å². The van der Waals surface area contributed by atoms with Crippen LogP contribution in [0.15, 0.2) is 52.1 Å². The van der Waals surface area contributed by atoms with Crippen molar-refractivity contribution in [3.8, 4) is 5.75 Å². The minimum Gasteiger partial charge on any atom is -0.505 e. The molecule has 0 spiro atoms. The number of fused-ring (bicyclic) bond motifs is 1. The molecule has 6 heteroatoms. The van der Waals surface area contributed by atoms with E-state index >= 15 is 0 Å². The lowest BCUT2D eigenvalue weighted by Crippen LogP contribution is -2.37. The first kappa shape index (κ1) is 19.2. The maximum absolute atomic E-state index is 12.2. The monoisotopic (exact) mass is 391 g/mol. The summed E-state index contributed by atoms with van der Waals surface area (Å²) in [6.45, 7) is 3.62. The zero-order chi connectivity index (χ0) is 20.5. The summed E-state index contributed by atoms with van der Waals surface area (Å²) in [6.07, 6.45) is 1.64. The first-order chi connectivity index (χ1) is 14.0. The third-order valence-corrected chi connectivity index (χ3v) is 5.67. The number of phenolic OH excluding ortho intramolecular Hbond substituents is 1. The molecule has 29 heavy (non-hydrogen) atoms. The number of rotatable bonds is 6. The van der Waals surface area contributed by atoms with Gasteiger partial charge in [0.2, 0.25) is 0 Å². The number of benzene rings is 2. The van der Waals surface area contributed by atoms with Gasteiger partial charge in [0.1, 0.15) is 17.1 Å². The minimum absolute atomic E-state index is 0.0779. The summed E-state index contributed by atoms with van der Waals surface area (Å²) in [4.78, 5) is 26.6. The van der Waals surface area contributed by atoms with Crippen molar-refractivity contribution in [2.24, 2.45) is 0 Å². The Morgan fingerprint density at radius 1 is 1.07 bits per heavy atom.